The van der Waals surface area contributed by atoms with E-state index in [1.165, 1.54) is 10.7 Å². The summed E-state index contributed by atoms with van der Waals surface area (Å²) >= 11 is 0. The van der Waals surface area contributed by atoms with Crippen LogP contribution in [0.4, 0.5) is 5.69 Å². The van der Waals surface area contributed by atoms with Crippen molar-refractivity contribution in [1.29, 1.82) is 0 Å². The molecule has 0 bridgehead atoms. The highest BCUT2D eigenvalue weighted by Crippen LogP contribution is 2.31. The number of hydrogen-bond donors (Lipinski definition) is 2. The van der Waals surface area contributed by atoms with E-state index in [4.69, 9.17) is 10.5 Å². The summed E-state index contributed by atoms with van der Waals surface area (Å²) in [7, 11) is 0. The molecule has 0 amide bonds. The average Bonchev–Trinajstić information content (AvgIpc) is 3.22. The molecule has 1 heterocycles. The maximum atomic E-state index is 12.0. The van der Waals surface area contributed by atoms with E-state index in [0.717, 1.165) is 25.7 Å². The standard InChI is InChI=1S/C20H29N7O4/c1-2-31-18(28)13-26-20(23-24-25-26)19(16-8-3-4-9-17(16)27(29)30)22-12-15-7-5-6-14(10-15)11-21/h3-4,8-9,14-15,19,22H,2,5-7,10-13,21H2,1H3. The Kier molecular flexibility index (Phi) is 8.01. The fraction of sp³-hybridized carbons (Fsp3) is 0.600. The first-order chi connectivity index (χ1) is 15.0. The van der Waals surface area contributed by atoms with Gasteiger partial charge in [-0.1, -0.05) is 24.6 Å². The fourth-order valence-electron chi connectivity index (χ4n) is 4.18. The molecule has 1 saturated carbocycles. The quantitative estimate of drug-likeness (QED) is 0.324. The van der Waals surface area contributed by atoms with E-state index in [1.54, 1.807) is 25.1 Å². The second kappa shape index (κ2) is 10.9. The summed E-state index contributed by atoms with van der Waals surface area (Å²) in [6.07, 6.45) is 4.34. The topological polar surface area (TPSA) is 151 Å². The summed E-state index contributed by atoms with van der Waals surface area (Å²) in [6.45, 7) is 3.09. The van der Waals surface area contributed by atoms with E-state index >= 15 is 0 Å². The van der Waals surface area contributed by atoms with Crippen LogP contribution in [-0.4, -0.2) is 50.8 Å². The first-order valence-corrected chi connectivity index (χ1v) is 10.6. The van der Waals surface area contributed by atoms with Crippen LogP contribution in [0.2, 0.25) is 0 Å². The maximum absolute atomic E-state index is 12.0. The van der Waals surface area contributed by atoms with Gasteiger partial charge in [-0.3, -0.25) is 14.9 Å². The molecule has 0 spiro atoms. The van der Waals surface area contributed by atoms with Crippen LogP contribution in [0.3, 0.4) is 0 Å². The minimum Gasteiger partial charge on any atom is -0.465 e. The Morgan fingerprint density at radius 2 is 2.16 bits per heavy atom. The Morgan fingerprint density at radius 1 is 1.39 bits per heavy atom. The van der Waals surface area contributed by atoms with Crippen LogP contribution < -0.4 is 11.1 Å². The monoisotopic (exact) mass is 431 g/mol. The zero-order valence-corrected chi connectivity index (χ0v) is 17.6. The lowest BCUT2D eigenvalue weighted by Gasteiger charge is -2.30. The number of rotatable bonds is 10. The molecule has 2 aromatic rings. The van der Waals surface area contributed by atoms with Crippen LogP contribution in [0.5, 0.6) is 0 Å². The van der Waals surface area contributed by atoms with Gasteiger partial charge in [0, 0.05) is 6.07 Å². The number of carbonyl (C=O) groups is 1. The zero-order valence-electron chi connectivity index (χ0n) is 17.6. The molecule has 0 radical (unpaired) electrons. The average molecular weight is 431 g/mol. The third-order valence-electron chi connectivity index (χ3n) is 5.68. The van der Waals surface area contributed by atoms with Gasteiger partial charge < -0.3 is 15.8 Å². The molecule has 3 unspecified atom stereocenters. The molecule has 0 saturated heterocycles. The molecule has 1 aliphatic rings. The van der Waals surface area contributed by atoms with E-state index in [1.807, 2.05) is 0 Å². The summed E-state index contributed by atoms with van der Waals surface area (Å²) in [6, 6.07) is 5.84. The van der Waals surface area contributed by atoms with Gasteiger partial charge in [0.15, 0.2) is 5.82 Å². The van der Waals surface area contributed by atoms with Crippen molar-refractivity contribution in [2.45, 2.75) is 45.2 Å². The number of ether oxygens (including phenoxy) is 1. The van der Waals surface area contributed by atoms with E-state index in [-0.39, 0.29) is 18.8 Å². The molecule has 3 N–H and O–H groups in total. The van der Waals surface area contributed by atoms with Crippen molar-refractivity contribution in [3.05, 3.63) is 45.8 Å². The number of tetrazole rings is 1. The number of nitro benzene ring substituents is 1. The summed E-state index contributed by atoms with van der Waals surface area (Å²) < 4.78 is 6.33. The SMILES string of the molecule is CCOC(=O)Cn1nnnc1C(NCC1CCCC(CN)C1)c1ccccc1[N+](=O)[O-]. The second-order valence-electron chi connectivity index (χ2n) is 7.79. The lowest BCUT2D eigenvalue weighted by atomic mass is 9.81. The fourth-order valence-corrected chi connectivity index (χ4v) is 4.18. The minimum atomic E-state index is -0.649. The van der Waals surface area contributed by atoms with E-state index < -0.39 is 16.9 Å². The van der Waals surface area contributed by atoms with Crippen LogP contribution in [0, 0.1) is 22.0 Å². The molecule has 168 valence electrons. The maximum Gasteiger partial charge on any atom is 0.327 e. The van der Waals surface area contributed by atoms with Gasteiger partial charge in [-0.2, -0.15) is 0 Å². The molecule has 3 rings (SSSR count). The van der Waals surface area contributed by atoms with Crippen LogP contribution in [0.15, 0.2) is 24.3 Å². The number of nitrogens with two attached hydrogens (primary N) is 1. The van der Waals surface area contributed by atoms with Crippen molar-refractivity contribution in [3.8, 4) is 0 Å². The molecule has 3 atom stereocenters. The van der Waals surface area contributed by atoms with E-state index in [2.05, 4.69) is 20.8 Å². The Morgan fingerprint density at radius 3 is 2.90 bits per heavy atom. The highest BCUT2D eigenvalue weighted by molar-refractivity contribution is 5.69. The van der Waals surface area contributed by atoms with Crippen molar-refractivity contribution >= 4 is 11.7 Å². The predicted octanol–water partition coefficient (Wildman–Crippen LogP) is 1.59. The van der Waals surface area contributed by atoms with Crippen LogP contribution in [0.1, 0.15) is 50.0 Å². The van der Waals surface area contributed by atoms with Gasteiger partial charge in [-0.25, -0.2) is 4.68 Å². The normalized spacial score (nSPS) is 19.7. The lowest BCUT2D eigenvalue weighted by molar-refractivity contribution is -0.385. The van der Waals surface area contributed by atoms with Crippen LogP contribution >= 0.6 is 0 Å². The van der Waals surface area contributed by atoms with Crippen LogP contribution in [0.25, 0.3) is 0 Å². The van der Waals surface area contributed by atoms with E-state index in [9.17, 15) is 14.9 Å². The Hall–Kier alpha value is -2.92. The molecule has 0 aliphatic heterocycles. The molecule has 11 heteroatoms. The Labute approximate surface area is 180 Å². The molecule has 1 aromatic carbocycles. The van der Waals surface area contributed by atoms with Gasteiger partial charge in [-0.05, 0) is 61.5 Å². The molecular formula is C20H29N7O4. The number of carbonyl (C=O) groups excluding carboxylic acids is 1. The molecule has 31 heavy (non-hydrogen) atoms. The largest absolute Gasteiger partial charge is 0.465 e. The number of para-hydroxylation sites is 1. The summed E-state index contributed by atoms with van der Waals surface area (Å²) in [5.41, 5.74) is 6.27. The number of nitrogens with one attached hydrogen (secondary N) is 1. The molecule has 1 aromatic heterocycles. The van der Waals surface area contributed by atoms with Gasteiger partial charge in [0.25, 0.3) is 5.69 Å². The van der Waals surface area contributed by atoms with Crippen molar-refractivity contribution < 1.29 is 14.5 Å². The number of aromatic nitrogens is 4. The molecule has 11 nitrogen and oxygen atoms in total. The number of hydrogen-bond acceptors (Lipinski definition) is 9. The third kappa shape index (κ3) is 5.82. The van der Waals surface area contributed by atoms with Gasteiger partial charge >= 0.3 is 5.97 Å². The predicted molar refractivity (Wildman–Crippen MR) is 112 cm³/mol. The highest BCUT2D eigenvalue weighted by atomic mass is 16.6. The van der Waals surface area contributed by atoms with E-state index in [0.29, 0.717) is 36.3 Å². The third-order valence-corrected chi connectivity index (χ3v) is 5.68. The highest BCUT2D eigenvalue weighted by Gasteiger charge is 2.30. The summed E-state index contributed by atoms with van der Waals surface area (Å²) in [4.78, 5) is 23.2. The van der Waals surface area contributed by atoms with Crippen molar-refractivity contribution in [2.75, 3.05) is 19.7 Å². The summed E-state index contributed by atoms with van der Waals surface area (Å²) in [5.74, 6) is 0.755. The number of benzene rings is 1. The minimum absolute atomic E-state index is 0.0332. The van der Waals surface area contributed by atoms with Gasteiger partial charge in [0.2, 0.25) is 0 Å². The molecule has 1 fully saturated rings. The van der Waals surface area contributed by atoms with Crippen molar-refractivity contribution in [3.63, 3.8) is 0 Å². The van der Waals surface area contributed by atoms with Gasteiger partial charge in [-0.15, -0.1) is 5.10 Å². The first kappa shape index (κ1) is 22.8. The second-order valence-corrected chi connectivity index (χ2v) is 7.79. The van der Waals surface area contributed by atoms with Crippen molar-refractivity contribution in [2.24, 2.45) is 17.6 Å². The zero-order chi connectivity index (χ0) is 22.2. The smallest absolute Gasteiger partial charge is 0.327 e. The Bertz CT molecular complexity index is 888. The number of nitro groups is 1. The van der Waals surface area contributed by atoms with Gasteiger partial charge in [0.05, 0.1) is 17.1 Å². The van der Waals surface area contributed by atoms with Crippen LogP contribution in [-0.2, 0) is 16.1 Å². The Balaban J connectivity index is 1.88. The summed E-state index contributed by atoms with van der Waals surface area (Å²) in [5, 5.41) is 26.8. The number of nitrogens with zero attached hydrogens (tertiary/aromatic N) is 5. The lowest BCUT2D eigenvalue weighted by Crippen LogP contribution is -2.34. The first-order valence-electron chi connectivity index (χ1n) is 10.6. The number of esters is 1. The van der Waals surface area contributed by atoms with Gasteiger partial charge in [0.1, 0.15) is 12.6 Å². The molecule has 1 aliphatic carbocycles. The van der Waals surface area contributed by atoms with Crippen molar-refractivity contribution in [1.82, 2.24) is 25.5 Å². The molecular weight excluding hydrogens is 402 g/mol.